The fraction of sp³-hybridized carbons (Fsp3) is 0.450. The summed E-state index contributed by atoms with van der Waals surface area (Å²) in [7, 11) is -3.51. The van der Waals surface area contributed by atoms with E-state index in [0.717, 1.165) is 56.2 Å². The van der Waals surface area contributed by atoms with Gasteiger partial charge in [-0.3, -0.25) is 4.79 Å². The number of nitrogens with zero attached hydrogens (tertiary/aromatic N) is 3. The lowest BCUT2D eigenvalue weighted by molar-refractivity contribution is 0.102. The number of carbonyl (C=O) groups excluding carboxylic acids is 1. The summed E-state index contributed by atoms with van der Waals surface area (Å²) in [6, 6.07) is 6.14. The number of aromatic nitrogens is 2. The molecule has 8 heteroatoms. The monoisotopic (exact) mass is 400 g/mol. The zero-order valence-corrected chi connectivity index (χ0v) is 16.5. The molecule has 0 atom stereocenters. The van der Waals surface area contributed by atoms with E-state index in [-0.39, 0.29) is 10.8 Å². The van der Waals surface area contributed by atoms with E-state index < -0.39 is 10.0 Å². The summed E-state index contributed by atoms with van der Waals surface area (Å²) >= 11 is 0. The van der Waals surface area contributed by atoms with Crippen LogP contribution in [0.1, 0.15) is 53.7 Å². The smallest absolute Gasteiger partial charge is 0.256 e. The summed E-state index contributed by atoms with van der Waals surface area (Å²) in [5.74, 6) is 0.250. The maximum Gasteiger partial charge on any atom is 0.256 e. The number of fused-ring (bicyclic) bond motifs is 1. The van der Waals surface area contributed by atoms with Gasteiger partial charge in [0, 0.05) is 29.9 Å². The van der Waals surface area contributed by atoms with Crippen molar-refractivity contribution < 1.29 is 13.2 Å². The van der Waals surface area contributed by atoms with Crippen molar-refractivity contribution in [1.82, 2.24) is 14.3 Å². The van der Waals surface area contributed by atoms with Gasteiger partial charge in [0.1, 0.15) is 12.1 Å². The van der Waals surface area contributed by atoms with Crippen molar-refractivity contribution in [2.24, 2.45) is 0 Å². The Morgan fingerprint density at radius 1 is 0.929 bits per heavy atom. The van der Waals surface area contributed by atoms with Gasteiger partial charge in [-0.1, -0.05) is 12.8 Å². The van der Waals surface area contributed by atoms with Gasteiger partial charge in [0.05, 0.1) is 4.90 Å². The van der Waals surface area contributed by atoms with Crippen LogP contribution in [-0.2, 0) is 22.9 Å². The summed E-state index contributed by atoms with van der Waals surface area (Å²) < 4.78 is 27.3. The van der Waals surface area contributed by atoms with Crippen LogP contribution in [0, 0.1) is 0 Å². The Kier molecular flexibility index (Phi) is 5.41. The van der Waals surface area contributed by atoms with Crippen molar-refractivity contribution >= 4 is 21.7 Å². The van der Waals surface area contributed by atoms with E-state index in [1.165, 1.54) is 18.5 Å². The molecule has 0 saturated carbocycles. The SMILES string of the molecule is O=C(Nc1ncnc2c1CCC2)c1ccc(S(=O)(=O)N2CCCCCC2)cc1. The molecule has 0 bridgehead atoms. The van der Waals surface area contributed by atoms with Crippen molar-refractivity contribution in [2.75, 3.05) is 18.4 Å². The molecular weight excluding hydrogens is 376 g/mol. The van der Waals surface area contributed by atoms with Gasteiger partial charge in [0.2, 0.25) is 10.0 Å². The number of benzene rings is 1. The number of amides is 1. The lowest BCUT2D eigenvalue weighted by atomic mass is 10.2. The molecule has 7 nitrogen and oxygen atoms in total. The number of hydrogen-bond acceptors (Lipinski definition) is 5. The minimum atomic E-state index is -3.51. The second-order valence-corrected chi connectivity index (χ2v) is 9.24. The van der Waals surface area contributed by atoms with Crippen LogP contribution < -0.4 is 5.32 Å². The molecule has 2 aromatic rings. The molecule has 1 aromatic carbocycles. The van der Waals surface area contributed by atoms with Crippen molar-refractivity contribution in [2.45, 2.75) is 49.8 Å². The van der Waals surface area contributed by atoms with E-state index in [4.69, 9.17) is 0 Å². The van der Waals surface area contributed by atoms with E-state index in [1.54, 1.807) is 16.4 Å². The molecule has 28 heavy (non-hydrogen) atoms. The first-order chi connectivity index (χ1) is 13.6. The molecule has 0 radical (unpaired) electrons. The van der Waals surface area contributed by atoms with Crippen LogP contribution in [0.3, 0.4) is 0 Å². The molecule has 1 amide bonds. The zero-order chi connectivity index (χ0) is 19.6. The average molecular weight is 401 g/mol. The van der Waals surface area contributed by atoms with Gasteiger partial charge in [-0.2, -0.15) is 4.31 Å². The summed E-state index contributed by atoms with van der Waals surface area (Å²) in [6.45, 7) is 1.12. The van der Waals surface area contributed by atoms with Gasteiger partial charge in [0.25, 0.3) is 5.91 Å². The maximum absolute atomic E-state index is 12.8. The number of anilines is 1. The quantitative estimate of drug-likeness (QED) is 0.852. The van der Waals surface area contributed by atoms with Crippen molar-refractivity contribution in [3.63, 3.8) is 0 Å². The Morgan fingerprint density at radius 3 is 2.36 bits per heavy atom. The molecule has 1 aromatic heterocycles. The molecule has 1 N–H and O–H groups in total. The van der Waals surface area contributed by atoms with Gasteiger partial charge in [0.15, 0.2) is 0 Å². The molecule has 4 rings (SSSR count). The topological polar surface area (TPSA) is 92.3 Å². The fourth-order valence-corrected chi connectivity index (χ4v) is 5.37. The highest BCUT2D eigenvalue weighted by Crippen LogP contribution is 2.26. The van der Waals surface area contributed by atoms with E-state index in [0.29, 0.717) is 24.5 Å². The molecular formula is C20H24N4O3S. The largest absolute Gasteiger partial charge is 0.306 e. The van der Waals surface area contributed by atoms with Crippen LogP contribution in [0.4, 0.5) is 5.82 Å². The predicted octanol–water partition coefficient (Wildman–Crippen LogP) is 2.78. The second-order valence-electron chi connectivity index (χ2n) is 7.30. The van der Waals surface area contributed by atoms with Gasteiger partial charge >= 0.3 is 0 Å². The normalized spacial score (nSPS) is 17.7. The van der Waals surface area contributed by atoms with Crippen LogP contribution in [0.15, 0.2) is 35.5 Å². The average Bonchev–Trinajstić information content (AvgIpc) is 3.02. The van der Waals surface area contributed by atoms with E-state index >= 15 is 0 Å². The Morgan fingerprint density at radius 2 is 1.64 bits per heavy atom. The lowest BCUT2D eigenvalue weighted by Crippen LogP contribution is -2.31. The highest BCUT2D eigenvalue weighted by molar-refractivity contribution is 7.89. The molecule has 1 aliphatic heterocycles. The zero-order valence-electron chi connectivity index (χ0n) is 15.7. The number of rotatable bonds is 4. The number of carbonyl (C=O) groups is 1. The molecule has 2 aliphatic rings. The summed E-state index contributed by atoms with van der Waals surface area (Å²) in [6.07, 6.45) is 8.17. The first kappa shape index (κ1) is 19.0. The third-order valence-electron chi connectivity index (χ3n) is 5.43. The Bertz CT molecular complexity index is 965. The molecule has 0 spiro atoms. The van der Waals surface area contributed by atoms with E-state index in [1.807, 2.05) is 0 Å². The second kappa shape index (κ2) is 7.97. The molecule has 1 fully saturated rings. The molecule has 148 valence electrons. The van der Waals surface area contributed by atoms with E-state index in [9.17, 15) is 13.2 Å². The van der Waals surface area contributed by atoms with Gasteiger partial charge < -0.3 is 5.32 Å². The lowest BCUT2D eigenvalue weighted by Gasteiger charge is -2.20. The van der Waals surface area contributed by atoms with Crippen LogP contribution in [0.5, 0.6) is 0 Å². The molecule has 2 heterocycles. The van der Waals surface area contributed by atoms with Crippen LogP contribution in [0.2, 0.25) is 0 Å². The Balaban J connectivity index is 1.50. The number of hydrogen-bond donors (Lipinski definition) is 1. The maximum atomic E-state index is 12.8. The van der Waals surface area contributed by atoms with Crippen LogP contribution in [-0.4, -0.2) is 41.7 Å². The molecule has 1 saturated heterocycles. The Hall–Kier alpha value is -2.32. The van der Waals surface area contributed by atoms with Crippen molar-refractivity contribution in [3.8, 4) is 0 Å². The molecule has 1 aliphatic carbocycles. The Labute approximate surface area is 165 Å². The first-order valence-corrected chi connectivity index (χ1v) is 11.2. The third kappa shape index (κ3) is 3.79. The third-order valence-corrected chi connectivity index (χ3v) is 7.34. The summed E-state index contributed by atoms with van der Waals surface area (Å²) in [5, 5.41) is 2.84. The van der Waals surface area contributed by atoms with Crippen LogP contribution in [0.25, 0.3) is 0 Å². The fourth-order valence-electron chi connectivity index (χ4n) is 3.86. The standard InChI is InChI=1S/C20H24N4O3S/c25-20(23-19-17-6-5-7-18(17)21-14-22-19)15-8-10-16(11-9-15)28(26,27)24-12-3-1-2-4-13-24/h8-11,14H,1-7,12-13H2,(H,21,22,23,25). The number of sulfonamides is 1. The highest BCUT2D eigenvalue weighted by Gasteiger charge is 2.25. The number of nitrogens with one attached hydrogen (secondary N) is 1. The van der Waals surface area contributed by atoms with Crippen molar-refractivity contribution in [1.29, 1.82) is 0 Å². The van der Waals surface area contributed by atoms with Gasteiger partial charge in [-0.15, -0.1) is 0 Å². The van der Waals surface area contributed by atoms with E-state index in [2.05, 4.69) is 15.3 Å². The molecule has 0 unspecified atom stereocenters. The first-order valence-electron chi connectivity index (χ1n) is 9.80. The number of aryl methyl sites for hydroxylation is 1. The van der Waals surface area contributed by atoms with Gasteiger partial charge in [-0.05, 0) is 56.4 Å². The minimum absolute atomic E-state index is 0.230. The highest BCUT2D eigenvalue weighted by atomic mass is 32.2. The van der Waals surface area contributed by atoms with Crippen molar-refractivity contribution in [3.05, 3.63) is 47.4 Å². The summed E-state index contributed by atoms with van der Waals surface area (Å²) in [5.41, 5.74) is 2.39. The summed E-state index contributed by atoms with van der Waals surface area (Å²) in [4.78, 5) is 21.3. The van der Waals surface area contributed by atoms with Gasteiger partial charge in [-0.25, -0.2) is 18.4 Å². The predicted molar refractivity (Wildman–Crippen MR) is 106 cm³/mol. The van der Waals surface area contributed by atoms with Crippen LogP contribution >= 0.6 is 0 Å². The minimum Gasteiger partial charge on any atom is -0.306 e.